The summed E-state index contributed by atoms with van der Waals surface area (Å²) in [5.41, 5.74) is 1.54. The van der Waals surface area contributed by atoms with Gasteiger partial charge >= 0.3 is 0 Å². The average molecular weight is 201 g/mol. The second-order valence-corrected chi connectivity index (χ2v) is 3.56. The molecule has 0 fully saturated rings. The quantitative estimate of drug-likeness (QED) is 0.380. The number of hydrogen-bond donors (Lipinski definition) is 0. The summed E-state index contributed by atoms with van der Waals surface area (Å²) < 4.78 is 0. The van der Waals surface area contributed by atoms with Crippen molar-refractivity contribution in [2.45, 2.75) is 51.9 Å². The lowest BCUT2D eigenvalue weighted by Crippen LogP contribution is -1.77. The second-order valence-electron chi connectivity index (χ2n) is 3.30. The lowest BCUT2D eigenvalue weighted by molar-refractivity contribution is 0.611. The Bertz CT molecular complexity index is 136. The first-order chi connectivity index (χ1) is 6.41. The van der Waals surface area contributed by atoms with Gasteiger partial charge < -0.3 is 0 Å². The molecule has 0 saturated heterocycles. The Balaban J connectivity index is 2.99. The summed E-state index contributed by atoms with van der Waals surface area (Å²) in [5, 5.41) is 0. The van der Waals surface area contributed by atoms with E-state index in [1.807, 2.05) is 12.2 Å². The lowest BCUT2D eigenvalue weighted by Gasteiger charge is -1.96. The van der Waals surface area contributed by atoms with Crippen molar-refractivity contribution in [1.82, 2.24) is 0 Å². The zero-order chi connectivity index (χ0) is 9.78. The summed E-state index contributed by atoms with van der Waals surface area (Å²) >= 11 is 5.37. The fourth-order valence-corrected chi connectivity index (χ4v) is 1.34. The molecule has 0 spiro atoms. The number of hydrogen-bond acceptors (Lipinski definition) is 0. The molecule has 0 radical (unpaired) electrons. The normalized spacial score (nSPS) is 11.8. The molecular formula is C12H21Cl. The van der Waals surface area contributed by atoms with Crippen molar-refractivity contribution < 1.29 is 0 Å². The van der Waals surface area contributed by atoms with E-state index in [0.717, 1.165) is 0 Å². The first-order valence-electron chi connectivity index (χ1n) is 5.33. The molecule has 0 aromatic carbocycles. The van der Waals surface area contributed by atoms with Gasteiger partial charge in [-0.05, 0) is 12.8 Å². The van der Waals surface area contributed by atoms with Crippen LogP contribution in [0.5, 0.6) is 0 Å². The van der Waals surface area contributed by atoms with Gasteiger partial charge in [0, 0.05) is 5.54 Å². The van der Waals surface area contributed by atoms with Crippen molar-refractivity contribution in [3.05, 3.63) is 23.8 Å². The fourth-order valence-electron chi connectivity index (χ4n) is 1.26. The standard InChI is InChI=1S/C12H21Cl/c1-2-3-4-5-6-7-8-9-10-11-12-13/h9-12H,2-8H2,1H3/b10-9+,12-11+. The molecule has 0 unspecified atom stereocenters. The van der Waals surface area contributed by atoms with E-state index < -0.39 is 0 Å². The van der Waals surface area contributed by atoms with Crippen molar-refractivity contribution in [3.63, 3.8) is 0 Å². The van der Waals surface area contributed by atoms with Crippen LogP contribution in [0.1, 0.15) is 51.9 Å². The van der Waals surface area contributed by atoms with Crippen molar-refractivity contribution >= 4 is 11.6 Å². The summed E-state index contributed by atoms with van der Waals surface area (Å²) in [7, 11) is 0. The van der Waals surface area contributed by atoms with Crippen LogP contribution in [0.4, 0.5) is 0 Å². The second kappa shape index (κ2) is 11.8. The van der Waals surface area contributed by atoms with Crippen molar-refractivity contribution in [2.75, 3.05) is 0 Å². The van der Waals surface area contributed by atoms with Gasteiger partial charge in [0.2, 0.25) is 0 Å². The summed E-state index contributed by atoms with van der Waals surface area (Å²) in [6.45, 7) is 2.25. The average Bonchev–Trinajstić information content (AvgIpc) is 2.16. The van der Waals surface area contributed by atoms with Crippen LogP contribution in [-0.4, -0.2) is 0 Å². The van der Waals surface area contributed by atoms with Gasteiger partial charge in [0.05, 0.1) is 0 Å². The van der Waals surface area contributed by atoms with Crippen molar-refractivity contribution in [2.24, 2.45) is 0 Å². The van der Waals surface area contributed by atoms with Gasteiger partial charge in [0.25, 0.3) is 0 Å². The number of halogens is 1. The summed E-state index contributed by atoms with van der Waals surface area (Å²) in [6, 6.07) is 0. The Morgan fingerprint density at radius 1 is 0.923 bits per heavy atom. The van der Waals surface area contributed by atoms with Crippen LogP contribution < -0.4 is 0 Å². The Kier molecular flexibility index (Phi) is 11.6. The predicted molar refractivity (Wildman–Crippen MR) is 62.1 cm³/mol. The fraction of sp³-hybridized carbons (Fsp3) is 0.667. The molecule has 0 atom stereocenters. The molecule has 0 bridgehead atoms. The maximum Gasteiger partial charge on any atom is 0.00423 e. The molecule has 1 heteroatoms. The van der Waals surface area contributed by atoms with Gasteiger partial charge in [-0.2, -0.15) is 0 Å². The Hall–Kier alpha value is -0.230. The van der Waals surface area contributed by atoms with E-state index in [9.17, 15) is 0 Å². The van der Waals surface area contributed by atoms with Crippen LogP contribution >= 0.6 is 11.6 Å². The molecule has 0 aliphatic rings. The highest BCUT2D eigenvalue weighted by atomic mass is 35.5. The highest BCUT2D eigenvalue weighted by Gasteiger charge is 1.87. The molecular weight excluding hydrogens is 180 g/mol. The van der Waals surface area contributed by atoms with Crippen LogP contribution in [0.3, 0.4) is 0 Å². The van der Waals surface area contributed by atoms with Gasteiger partial charge in [0.1, 0.15) is 0 Å². The van der Waals surface area contributed by atoms with E-state index >= 15 is 0 Å². The monoisotopic (exact) mass is 200 g/mol. The Morgan fingerprint density at radius 3 is 2.31 bits per heavy atom. The first-order valence-corrected chi connectivity index (χ1v) is 5.77. The van der Waals surface area contributed by atoms with E-state index in [-0.39, 0.29) is 0 Å². The minimum absolute atomic E-state index is 1.19. The molecule has 0 aliphatic heterocycles. The molecule has 0 heterocycles. The third-order valence-electron chi connectivity index (χ3n) is 2.04. The number of unbranched alkanes of at least 4 members (excludes halogenated alkanes) is 6. The van der Waals surface area contributed by atoms with Gasteiger partial charge in [0.15, 0.2) is 0 Å². The Morgan fingerprint density at radius 2 is 1.62 bits per heavy atom. The SMILES string of the molecule is CCCCCCCC/C=C/C=C/Cl. The number of rotatable bonds is 8. The van der Waals surface area contributed by atoms with Crippen molar-refractivity contribution in [3.8, 4) is 0 Å². The molecule has 0 rings (SSSR count). The number of allylic oxidation sites excluding steroid dienone is 3. The molecule has 0 N–H and O–H groups in total. The maximum atomic E-state index is 5.37. The van der Waals surface area contributed by atoms with Crippen LogP contribution in [-0.2, 0) is 0 Å². The highest BCUT2D eigenvalue weighted by molar-refractivity contribution is 6.25. The van der Waals surface area contributed by atoms with Gasteiger partial charge in [-0.25, -0.2) is 0 Å². The van der Waals surface area contributed by atoms with Crippen molar-refractivity contribution in [1.29, 1.82) is 0 Å². The first kappa shape index (κ1) is 12.8. The van der Waals surface area contributed by atoms with Crippen LogP contribution in [0.15, 0.2) is 23.8 Å². The van der Waals surface area contributed by atoms with E-state index in [4.69, 9.17) is 11.6 Å². The van der Waals surface area contributed by atoms with Gasteiger partial charge in [-0.15, -0.1) is 0 Å². The maximum absolute atomic E-state index is 5.37. The smallest absolute Gasteiger partial charge is 0.00423 e. The summed E-state index contributed by atoms with van der Waals surface area (Å²) in [5.74, 6) is 0. The molecule has 0 amide bonds. The zero-order valence-electron chi connectivity index (χ0n) is 8.64. The third kappa shape index (κ3) is 11.8. The van der Waals surface area contributed by atoms with Crippen LogP contribution in [0.25, 0.3) is 0 Å². The highest BCUT2D eigenvalue weighted by Crippen LogP contribution is 2.06. The molecule has 0 nitrogen and oxygen atoms in total. The van der Waals surface area contributed by atoms with Gasteiger partial charge in [-0.1, -0.05) is 68.9 Å². The largest absolute Gasteiger partial charge is 0.0930 e. The zero-order valence-corrected chi connectivity index (χ0v) is 9.39. The third-order valence-corrected chi connectivity index (χ3v) is 2.19. The molecule has 0 aliphatic carbocycles. The summed E-state index contributed by atoms with van der Waals surface area (Å²) in [4.78, 5) is 0. The van der Waals surface area contributed by atoms with Gasteiger partial charge in [-0.3, -0.25) is 0 Å². The van der Waals surface area contributed by atoms with E-state index in [1.54, 1.807) is 0 Å². The molecule has 0 aromatic rings. The Labute approximate surface area is 87.7 Å². The minimum atomic E-state index is 1.19. The van der Waals surface area contributed by atoms with E-state index in [0.29, 0.717) is 0 Å². The van der Waals surface area contributed by atoms with E-state index in [2.05, 4.69) is 13.0 Å². The molecule has 0 saturated carbocycles. The topological polar surface area (TPSA) is 0 Å². The molecule has 0 aromatic heterocycles. The molecule has 76 valence electrons. The predicted octanol–water partition coefficient (Wildman–Crippen LogP) is 5.05. The van der Waals surface area contributed by atoms with E-state index in [1.165, 1.54) is 50.5 Å². The van der Waals surface area contributed by atoms with Crippen LogP contribution in [0, 0.1) is 0 Å². The minimum Gasteiger partial charge on any atom is -0.0930 e. The lowest BCUT2D eigenvalue weighted by atomic mass is 10.1. The van der Waals surface area contributed by atoms with Crippen LogP contribution in [0.2, 0.25) is 0 Å². The molecule has 13 heavy (non-hydrogen) atoms. The summed E-state index contributed by atoms with van der Waals surface area (Å²) in [6.07, 6.45) is 15.5.